The third-order valence-corrected chi connectivity index (χ3v) is 13.1. The summed E-state index contributed by atoms with van der Waals surface area (Å²) in [6.45, 7) is 3.29. The molecule has 6 N–H and O–H groups in total. The Kier molecular flexibility index (Phi) is 21.8. The Morgan fingerprint density at radius 1 is 0.519 bits per heavy atom. The zero-order valence-electron chi connectivity index (χ0n) is 44.6. The summed E-state index contributed by atoms with van der Waals surface area (Å²) < 4.78 is 9.85. The van der Waals surface area contributed by atoms with Gasteiger partial charge in [-0.25, -0.2) is 9.67 Å². The third-order valence-electron chi connectivity index (χ3n) is 12.5. The predicted molar refractivity (Wildman–Crippen MR) is 323 cm³/mol. The number of aryl methyl sites for hydroxylation is 3. The summed E-state index contributed by atoms with van der Waals surface area (Å²) in [5.74, 6) is 1.28. The molecule has 18 heteroatoms. The van der Waals surface area contributed by atoms with Crippen molar-refractivity contribution in [3.8, 4) is 45.0 Å². The molecule has 0 saturated carbocycles. The zero-order valence-corrected chi connectivity index (χ0v) is 46.2. The molecule has 16 nitrogen and oxygen atoms in total. The Balaban J connectivity index is 0.000000147. The first-order valence-corrected chi connectivity index (χ1v) is 27.1. The van der Waals surface area contributed by atoms with E-state index < -0.39 is 7.12 Å². The number of halogens is 1. The van der Waals surface area contributed by atoms with E-state index in [-0.39, 0.29) is 19.2 Å². The topological polar surface area (TPSA) is 233 Å². The van der Waals surface area contributed by atoms with Gasteiger partial charge < -0.3 is 30.4 Å². The number of benzene rings is 4. The second kappa shape index (κ2) is 30.4. The number of nitrogens with two attached hydrogens (primary N) is 1. The van der Waals surface area contributed by atoms with Crippen molar-refractivity contribution in [1.82, 2.24) is 49.3 Å². The van der Waals surface area contributed by atoms with Crippen molar-refractivity contribution in [3.05, 3.63) is 246 Å². The molecule has 0 aliphatic rings. The summed E-state index contributed by atoms with van der Waals surface area (Å²) in [5.41, 5.74) is 19.7. The lowest BCUT2D eigenvalue weighted by Crippen LogP contribution is -2.29. The van der Waals surface area contributed by atoms with Crippen molar-refractivity contribution in [2.45, 2.75) is 45.6 Å². The van der Waals surface area contributed by atoms with Gasteiger partial charge in [-0.2, -0.15) is 14.6 Å². The van der Waals surface area contributed by atoms with Crippen LogP contribution in [0.1, 0.15) is 35.6 Å². The predicted octanol–water partition coefficient (Wildman–Crippen LogP) is 10.4. The number of aromatic nitrogens is 10. The SMILES string of the molecule is CCCc1ccc(-c2cccnc2)cc1.Nc1nc2c(cnn2CCc2ccc(-c3cccnc3)cc2)c2nc(-c3ccco3)nn12.OB(O)c1cccnc1.OCCc1ccc(-c2cccnc2)cc1.OCCc1ccc(Br)cc1. The van der Waals surface area contributed by atoms with Crippen LogP contribution in [0.2, 0.25) is 0 Å². The molecular formula is C63H61BBrN11O5. The summed E-state index contributed by atoms with van der Waals surface area (Å²) in [6.07, 6.45) is 21.9. The molecule has 0 aliphatic heterocycles. The second-order valence-electron chi connectivity index (χ2n) is 18.3. The number of aliphatic hydroxyl groups is 2. The first-order chi connectivity index (χ1) is 39.7. The van der Waals surface area contributed by atoms with Crippen LogP contribution in [0, 0.1) is 0 Å². The molecule has 8 aromatic heterocycles. The molecule has 0 atom stereocenters. The van der Waals surface area contributed by atoms with E-state index in [0.717, 1.165) is 56.9 Å². The Labute approximate surface area is 478 Å². The van der Waals surface area contributed by atoms with Crippen LogP contribution < -0.4 is 11.2 Å². The lowest BCUT2D eigenvalue weighted by Gasteiger charge is -2.06. The number of anilines is 1. The van der Waals surface area contributed by atoms with Gasteiger partial charge in [-0.3, -0.25) is 19.9 Å². The molecule has 0 saturated heterocycles. The molecular weight excluding hydrogens is 1080 g/mol. The summed E-state index contributed by atoms with van der Waals surface area (Å²) >= 11 is 3.33. The summed E-state index contributed by atoms with van der Waals surface area (Å²) in [4.78, 5) is 25.2. The van der Waals surface area contributed by atoms with Gasteiger partial charge in [-0.15, -0.1) is 5.10 Å². The number of hydrogen-bond acceptors (Lipinski definition) is 14. The number of furan rings is 1. The van der Waals surface area contributed by atoms with Crippen LogP contribution in [0.15, 0.2) is 229 Å². The maximum Gasteiger partial charge on any atom is 0.490 e. The lowest BCUT2D eigenvalue weighted by molar-refractivity contribution is 0.299. The fourth-order valence-electron chi connectivity index (χ4n) is 8.28. The highest BCUT2D eigenvalue weighted by Gasteiger charge is 2.18. The third kappa shape index (κ3) is 17.0. The largest absolute Gasteiger partial charge is 0.490 e. The van der Waals surface area contributed by atoms with Crippen LogP contribution in [0.5, 0.6) is 0 Å². The van der Waals surface area contributed by atoms with Crippen molar-refractivity contribution < 1.29 is 24.7 Å². The first kappa shape index (κ1) is 58.1. The molecule has 0 bridgehead atoms. The standard InChI is InChI=1S/C23H18N8O.C14H15N.C13H13NO.C8H9BrO.C5H6BNO2/c24-23-28-21-18(22-27-20(29-31(22)23)19-4-2-12-32-19)14-26-30(21)11-9-15-5-7-16(8-6-15)17-3-1-10-25-13-17;1-2-4-12-6-8-13(9-7-12)14-5-3-10-15-11-14;15-9-7-11-3-5-12(6-4-11)13-2-1-8-14-10-13;9-8-3-1-7(2-4-8)5-6-10;8-6(9)5-2-1-3-7-4-5/h1-8,10,12-14H,9,11H2,(H2,24,28);3,5-11H,2,4H2,1H3;1-6,8,10,15H,7,9H2;1-4,10H,5-6H2;1-4,8-9H. The highest BCUT2D eigenvalue weighted by Crippen LogP contribution is 2.25. The van der Waals surface area contributed by atoms with Crippen LogP contribution in [0.4, 0.5) is 5.95 Å². The van der Waals surface area contributed by atoms with Crippen LogP contribution in [-0.2, 0) is 32.2 Å². The maximum absolute atomic E-state index is 8.80. The molecule has 408 valence electrons. The van der Waals surface area contributed by atoms with Gasteiger partial charge in [0.1, 0.15) is 0 Å². The minimum Gasteiger partial charge on any atom is -0.461 e. The van der Waals surface area contributed by atoms with Crippen molar-refractivity contribution in [1.29, 1.82) is 0 Å². The molecule has 4 aromatic carbocycles. The number of pyridine rings is 4. The summed E-state index contributed by atoms with van der Waals surface area (Å²) in [6, 6.07) is 52.2. The van der Waals surface area contributed by atoms with Crippen molar-refractivity contribution in [2.24, 2.45) is 0 Å². The van der Waals surface area contributed by atoms with Gasteiger partial charge >= 0.3 is 7.12 Å². The Hall–Kier alpha value is -9.04. The Morgan fingerprint density at radius 2 is 1.00 bits per heavy atom. The summed E-state index contributed by atoms with van der Waals surface area (Å²) in [7, 11) is -1.40. The average molecular weight is 1140 g/mol. The van der Waals surface area contributed by atoms with E-state index in [1.807, 2.05) is 83.9 Å². The van der Waals surface area contributed by atoms with E-state index >= 15 is 0 Å². The average Bonchev–Trinajstić information content (AvgIpc) is 4.34. The van der Waals surface area contributed by atoms with Gasteiger partial charge in [0.2, 0.25) is 11.8 Å². The lowest BCUT2D eigenvalue weighted by atomic mass is 9.82. The van der Waals surface area contributed by atoms with Gasteiger partial charge in [-0.1, -0.05) is 138 Å². The molecule has 8 heterocycles. The van der Waals surface area contributed by atoms with E-state index in [2.05, 4.69) is 136 Å². The minimum absolute atomic E-state index is 0.201. The van der Waals surface area contributed by atoms with Crippen molar-refractivity contribution in [2.75, 3.05) is 18.9 Å². The van der Waals surface area contributed by atoms with E-state index in [4.69, 9.17) is 30.4 Å². The monoisotopic (exact) mass is 1140 g/mol. The van der Waals surface area contributed by atoms with E-state index in [9.17, 15) is 0 Å². The van der Waals surface area contributed by atoms with Crippen LogP contribution in [-0.4, -0.2) is 89.9 Å². The van der Waals surface area contributed by atoms with E-state index in [1.165, 1.54) is 45.0 Å². The molecule has 0 unspecified atom stereocenters. The fourth-order valence-corrected chi connectivity index (χ4v) is 8.55. The van der Waals surface area contributed by atoms with Crippen molar-refractivity contribution >= 4 is 51.1 Å². The molecule has 12 rings (SSSR count). The molecule has 81 heavy (non-hydrogen) atoms. The van der Waals surface area contributed by atoms with Gasteiger partial charge in [0.25, 0.3) is 0 Å². The zero-order chi connectivity index (χ0) is 56.6. The Morgan fingerprint density at radius 3 is 1.42 bits per heavy atom. The number of hydrogen-bond donors (Lipinski definition) is 5. The van der Waals surface area contributed by atoms with Crippen LogP contribution in [0.25, 0.3) is 61.6 Å². The van der Waals surface area contributed by atoms with Crippen LogP contribution in [0.3, 0.4) is 0 Å². The molecule has 0 amide bonds. The number of nitrogen functional groups attached to an aromatic ring is 1. The van der Waals surface area contributed by atoms with Gasteiger partial charge in [0, 0.05) is 79.3 Å². The smallest absolute Gasteiger partial charge is 0.461 e. The Bertz CT molecular complexity index is 3630. The number of rotatable bonds is 14. The van der Waals surface area contributed by atoms with Crippen molar-refractivity contribution in [3.63, 3.8) is 0 Å². The fraction of sp³-hybridized carbons (Fsp3) is 0.143. The second-order valence-corrected chi connectivity index (χ2v) is 19.2. The number of aliphatic hydroxyl groups excluding tert-OH is 2. The van der Waals surface area contributed by atoms with Gasteiger partial charge in [0.15, 0.2) is 17.1 Å². The first-order valence-electron chi connectivity index (χ1n) is 26.3. The summed E-state index contributed by atoms with van der Waals surface area (Å²) in [5, 5.41) is 44.2. The molecule has 0 aliphatic carbocycles. The highest BCUT2D eigenvalue weighted by molar-refractivity contribution is 9.10. The van der Waals surface area contributed by atoms with E-state index in [1.54, 1.807) is 61.5 Å². The highest BCUT2D eigenvalue weighted by atomic mass is 79.9. The molecule has 0 radical (unpaired) electrons. The van der Waals surface area contributed by atoms with Crippen LogP contribution >= 0.6 is 15.9 Å². The van der Waals surface area contributed by atoms with E-state index in [0.29, 0.717) is 41.3 Å². The minimum atomic E-state index is -1.40. The normalized spacial score (nSPS) is 10.5. The van der Waals surface area contributed by atoms with Gasteiger partial charge in [0.05, 0.1) is 17.8 Å². The maximum atomic E-state index is 8.80. The molecule has 0 fully saturated rings. The molecule has 12 aromatic rings. The number of nitrogens with zero attached hydrogens (tertiary/aromatic N) is 10. The molecule has 0 spiro atoms. The quantitative estimate of drug-likeness (QED) is 0.0638. The van der Waals surface area contributed by atoms with Gasteiger partial charge in [-0.05, 0) is 130 Å². The number of fused-ring (bicyclic) bond motifs is 3.